The first kappa shape index (κ1) is 13.4. The van der Waals surface area contributed by atoms with Gasteiger partial charge in [0, 0.05) is 25.5 Å². The molecule has 1 heterocycles. The van der Waals surface area contributed by atoms with E-state index in [1.807, 2.05) is 24.7 Å². The fourth-order valence-corrected chi connectivity index (χ4v) is 1.87. The maximum absolute atomic E-state index is 9.50. The number of hydrogen-bond acceptors (Lipinski definition) is 4. The van der Waals surface area contributed by atoms with E-state index in [-0.39, 0.29) is 5.75 Å². The molecule has 0 bridgehead atoms. The van der Waals surface area contributed by atoms with Crippen LogP contribution in [0.3, 0.4) is 0 Å². The Labute approximate surface area is 112 Å². The standard InChI is InChI=1S/C14H19N3O2/c1-19-14-9-12(3-4-13(14)18)10-15-5-2-7-17-8-6-16-11-17/h3-4,6,8-9,11,15,18H,2,5,7,10H2,1H3. The van der Waals surface area contributed by atoms with Crippen molar-refractivity contribution in [2.24, 2.45) is 0 Å². The molecular formula is C14H19N3O2. The summed E-state index contributed by atoms with van der Waals surface area (Å²) in [6, 6.07) is 5.39. The maximum atomic E-state index is 9.50. The molecule has 5 heteroatoms. The van der Waals surface area contributed by atoms with Crippen LogP contribution in [0.25, 0.3) is 0 Å². The molecule has 1 aromatic heterocycles. The zero-order valence-electron chi connectivity index (χ0n) is 11.0. The number of nitrogens with zero attached hydrogens (tertiary/aromatic N) is 2. The van der Waals surface area contributed by atoms with Gasteiger partial charge in [-0.25, -0.2) is 4.98 Å². The van der Waals surface area contributed by atoms with E-state index in [1.165, 1.54) is 0 Å². The third kappa shape index (κ3) is 3.99. The highest BCUT2D eigenvalue weighted by Crippen LogP contribution is 2.25. The van der Waals surface area contributed by atoms with Crippen LogP contribution in [-0.4, -0.2) is 28.3 Å². The quantitative estimate of drug-likeness (QED) is 0.746. The zero-order chi connectivity index (χ0) is 13.5. The minimum atomic E-state index is 0.173. The van der Waals surface area contributed by atoms with Crippen molar-refractivity contribution in [3.63, 3.8) is 0 Å². The largest absolute Gasteiger partial charge is 0.504 e. The molecule has 0 amide bonds. The molecule has 0 aliphatic carbocycles. The van der Waals surface area contributed by atoms with E-state index in [0.717, 1.165) is 31.6 Å². The second-order valence-corrected chi connectivity index (χ2v) is 4.34. The molecule has 0 atom stereocenters. The van der Waals surface area contributed by atoms with Crippen LogP contribution < -0.4 is 10.1 Å². The van der Waals surface area contributed by atoms with Gasteiger partial charge in [-0.05, 0) is 30.7 Å². The molecule has 0 aliphatic rings. The highest BCUT2D eigenvalue weighted by Gasteiger charge is 2.02. The van der Waals surface area contributed by atoms with Gasteiger partial charge in [-0.15, -0.1) is 0 Å². The monoisotopic (exact) mass is 261 g/mol. The summed E-state index contributed by atoms with van der Waals surface area (Å²) in [4.78, 5) is 4.00. The average Bonchev–Trinajstić information content (AvgIpc) is 2.93. The Bertz CT molecular complexity index is 497. The third-order valence-corrected chi connectivity index (χ3v) is 2.90. The van der Waals surface area contributed by atoms with Gasteiger partial charge in [0.05, 0.1) is 13.4 Å². The number of aromatic nitrogens is 2. The van der Waals surface area contributed by atoms with Crippen LogP contribution >= 0.6 is 0 Å². The molecule has 0 saturated heterocycles. The predicted octanol–water partition coefficient (Wildman–Crippen LogP) is 1.78. The molecule has 1 aromatic carbocycles. The summed E-state index contributed by atoms with van der Waals surface area (Å²) in [5.41, 5.74) is 1.09. The Morgan fingerprint density at radius 2 is 2.32 bits per heavy atom. The summed E-state index contributed by atoms with van der Waals surface area (Å²) in [6.45, 7) is 2.66. The van der Waals surface area contributed by atoms with Crippen molar-refractivity contribution in [1.82, 2.24) is 14.9 Å². The van der Waals surface area contributed by atoms with E-state index < -0.39 is 0 Å². The Kier molecular flexibility index (Phi) is 4.80. The molecule has 19 heavy (non-hydrogen) atoms. The van der Waals surface area contributed by atoms with Crippen LogP contribution in [0, 0.1) is 0 Å². The first-order chi connectivity index (χ1) is 9.29. The summed E-state index contributed by atoms with van der Waals surface area (Å²) in [5, 5.41) is 12.9. The van der Waals surface area contributed by atoms with Gasteiger partial charge in [0.25, 0.3) is 0 Å². The molecule has 0 fully saturated rings. The lowest BCUT2D eigenvalue weighted by Crippen LogP contribution is -2.16. The molecule has 2 rings (SSSR count). The minimum absolute atomic E-state index is 0.173. The van der Waals surface area contributed by atoms with E-state index in [1.54, 1.807) is 19.4 Å². The molecule has 102 valence electrons. The van der Waals surface area contributed by atoms with Crippen LogP contribution in [-0.2, 0) is 13.1 Å². The lowest BCUT2D eigenvalue weighted by Gasteiger charge is -2.08. The summed E-state index contributed by atoms with van der Waals surface area (Å²) in [5.74, 6) is 0.684. The number of aromatic hydroxyl groups is 1. The number of imidazole rings is 1. The molecule has 2 N–H and O–H groups in total. The van der Waals surface area contributed by atoms with Crippen molar-refractivity contribution in [3.8, 4) is 11.5 Å². The van der Waals surface area contributed by atoms with Gasteiger partial charge in [0.2, 0.25) is 0 Å². The normalized spacial score (nSPS) is 10.6. The van der Waals surface area contributed by atoms with E-state index in [9.17, 15) is 5.11 Å². The molecule has 0 spiro atoms. The van der Waals surface area contributed by atoms with Gasteiger partial charge in [0.1, 0.15) is 0 Å². The van der Waals surface area contributed by atoms with Gasteiger partial charge >= 0.3 is 0 Å². The molecule has 0 unspecified atom stereocenters. The van der Waals surface area contributed by atoms with Gasteiger partial charge in [-0.3, -0.25) is 0 Å². The lowest BCUT2D eigenvalue weighted by molar-refractivity contribution is 0.372. The molecule has 0 radical (unpaired) electrons. The predicted molar refractivity (Wildman–Crippen MR) is 73.2 cm³/mol. The van der Waals surface area contributed by atoms with Gasteiger partial charge in [-0.1, -0.05) is 6.07 Å². The number of hydrogen-bond donors (Lipinski definition) is 2. The molecular weight excluding hydrogens is 242 g/mol. The number of phenols is 1. The smallest absolute Gasteiger partial charge is 0.160 e. The van der Waals surface area contributed by atoms with Gasteiger partial charge < -0.3 is 19.7 Å². The Hall–Kier alpha value is -2.01. The summed E-state index contributed by atoms with van der Waals surface area (Å²) in [7, 11) is 1.55. The number of benzene rings is 1. The van der Waals surface area contributed by atoms with E-state index in [2.05, 4.69) is 14.9 Å². The van der Waals surface area contributed by atoms with Gasteiger partial charge in [-0.2, -0.15) is 0 Å². The summed E-state index contributed by atoms with van der Waals surface area (Å²) < 4.78 is 7.13. The van der Waals surface area contributed by atoms with Crippen molar-refractivity contribution >= 4 is 0 Å². The highest BCUT2D eigenvalue weighted by molar-refractivity contribution is 5.41. The van der Waals surface area contributed by atoms with Crippen LogP contribution in [0.2, 0.25) is 0 Å². The SMILES string of the molecule is COc1cc(CNCCCn2ccnc2)ccc1O. The molecule has 5 nitrogen and oxygen atoms in total. The maximum Gasteiger partial charge on any atom is 0.160 e. The Balaban J connectivity index is 1.70. The number of phenolic OH excluding ortho intramolecular Hbond substituents is 1. The number of aryl methyl sites for hydroxylation is 1. The summed E-state index contributed by atoms with van der Waals surface area (Å²) >= 11 is 0. The molecule has 0 aliphatic heterocycles. The molecule has 0 saturated carbocycles. The number of methoxy groups -OCH3 is 1. The highest BCUT2D eigenvalue weighted by atomic mass is 16.5. The van der Waals surface area contributed by atoms with Gasteiger partial charge in [0.15, 0.2) is 11.5 Å². The van der Waals surface area contributed by atoms with Crippen LogP contribution in [0.1, 0.15) is 12.0 Å². The van der Waals surface area contributed by atoms with Crippen molar-refractivity contribution in [1.29, 1.82) is 0 Å². The second kappa shape index (κ2) is 6.80. The second-order valence-electron chi connectivity index (χ2n) is 4.34. The van der Waals surface area contributed by atoms with E-state index >= 15 is 0 Å². The minimum Gasteiger partial charge on any atom is -0.504 e. The van der Waals surface area contributed by atoms with Crippen molar-refractivity contribution < 1.29 is 9.84 Å². The van der Waals surface area contributed by atoms with Crippen molar-refractivity contribution in [2.75, 3.05) is 13.7 Å². The van der Waals surface area contributed by atoms with E-state index in [0.29, 0.717) is 5.75 Å². The van der Waals surface area contributed by atoms with Crippen LogP contribution in [0.4, 0.5) is 0 Å². The number of ether oxygens (including phenoxy) is 1. The summed E-state index contributed by atoms with van der Waals surface area (Å²) in [6.07, 6.45) is 6.62. The third-order valence-electron chi connectivity index (χ3n) is 2.90. The fourth-order valence-electron chi connectivity index (χ4n) is 1.87. The average molecular weight is 261 g/mol. The van der Waals surface area contributed by atoms with Crippen LogP contribution in [0.15, 0.2) is 36.9 Å². The first-order valence-corrected chi connectivity index (χ1v) is 6.32. The Morgan fingerprint density at radius 1 is 1.42 bits per heavy atom. The zero-order valence-corrected chi connectivity index (χ0v) is 11.0. The Morgan fingerprint density at radius 3 is 3.05 bits per heavy atom. The first-order valence-electron chi connectivity index (χ1n) is 6.32. The number of nitrogens with one attached hydrogen (secondary N) is 1. The fraction of sp³-hybridized carbons (Fsp3) is 0.357. The lowest BCUT2D eigenvalue weighted by atomic mass is 10.2. The number of rotatable bonds is 7. The topological polar surface area (TPSA) is 59.3 Å². The van der Waals surface area contributed by atoms with Crippen molar-refractivity contribution in [3.05, 3.63) is 42.5 Å². The van der Waals surface area contributed by atoms with E-state index in [4.69, 9.17) is 4.74 Å². The molecule has 2 aromatic rings. The van der Waals surface area contributed by atoms with Crippen LogP contribution in [0.5, 0.6) is 11.5 Å². The van der Waals surface area contributed by atoms with Crippen molar-refractivity contribution in [2.45, 2.75) is 19.5 Å².